The largest absolute Gasteiger partial charge is 0.452 e. The van der Waals surface area contributed by atoms with Crippen molar-refractivity contribution in [1.29, 1.82) is 0 Å². The van der Waals surface area contributed by atoms with Gasteiger partial charge in [-0.2, -0.15) is 0 Å². The van der Waals surface area contributed by atoms with Crippen LogP contribution in [-0.4, -0.2) is 41.5 Å². The van der Waals surface area contributed by atoms with E-state index in [4.69, 9.17) is 4.74 Å². The van der Waals surface area contributed by atoms with E-state index in [1.54, 1.807) is 0 Å². The highest BCUT2D eigenvalue weighted by atomic mass is 19.1. The van der Waals surface area contributed by atoms with Gasteiger partial charge in [-0.15, -0.1) is 0 Å². The van der Waals surface area contributed by atoms with Crippen molar-refractivity contribution in [3.8, 4) is 0 Å². The van der Waals surface area contributed by atoms with Crippen LogP contribution in [0.5, 0.6) is 0 Å². The zero-order valence-electron chi connectivity index (χ0n) is 13.0. The molecule has 23 heavy (non-hydrogen) atoms. The van der Waals surface area contributed by atoms with Gasteiger partial charge in [-0.05, 0) is 49.9 Å². The Morgan fingerprint density at radius 2 is 1.87 bits per heavy atom. The molecule has 0 aromatic carbocycles. The van der Waals surface area contributed by atoms with Crippen LogP contribution in [-0.2, 0) is 19.1 Å². The monoisotopic (exact) mass is 321 g/mol. The van der Waals surface area contributed by atoms with Gasteiger partial charge in [0.05, 0.1) is 12.0 Å². The molecule has 4 aliphatic rings. The van der Waals surface area contributed by atoms with E-state index in [0.29, 0.717) is 24.7 Å². The number of amides is 2. The Kier molecular flexibility index (Phi) is 3.15. The summed E-state index contributed by atoms with van der Waals surface area (Å²) in [5.74, 6) is -0.292. The van der Waals surface area contributed by atoms with Crippen LogP contribution >= 0.6 is 0 Å². The summed E-state index contributed by atoms with van der Waals surface area (Å²) in [5, 5.41) is 0. The van der Waals surface area contributed by atoms with E-state index < -0.39 is 24.7 Å². The first-order valence-corrected chi connectivity index (χ1v) is 8.22. The summed E-state index contributed by atoms with van der Waals surface area (Å²) in [5.41, 5.74) is 0.216. The lowest BCUT2D eigenvalue weighted by atomic mass is 9.67. The molecule has 7 atom stereocenters. The average Bonchev–Trinajstić information content (AvgIpc) is 3.11. The fraction of sp³-hybridized carbons (Fsp3) is 0.706. The number of hydrogen-bond donors (Lipinski definition) is 0. The van der Waals surface area contributed by atoms with Gasteiger partial charge >= 0.3 is 5.97 Å². The molecule has 3 saturated carbocycles. The van der Waals surface area contributed by atoms with E-state index in [0.717, 1.165) is 6.42 Å². The van der Waals surface area contributed by atoms with Crippen molar-refractivity contribution in [2.45, 2.75) is 38.4 Å². The number of rotatable bonds is 3. The summed E-state index contributed by atoms with van der Waals surface area (Å²) in [4.78, 5) is 37.3. The van der Waals surface area contributed by atoms with Crippen LogP contribution in [0.3, 0.4) is 0 Å². The third-order valence-corrected chi connectivity index (χ3v) is 6.28. The molecule has 1 saturated heterocycles. The first-order chi connectivity index (χ1) is 10.9. The normalized spacial score (nSPS) is 43.0. The SMILES string of the molecule is C=C(C)C(=O)OCC(=O)N1C(=O)C2C3CC(C4CC(F)CC43)C21. The Hall–Kier alpha value is -1.72. The molecule has 0 aromatic heterocycles. The van der Waals surface area contributed by atoms with Gasteiger partial charge in [-0.1, -0.05) is 6.58 Å². The lowest BCUT2D eigenvalue weighted by Crippen LogP contribution is -2.67. The minimum Gasteiger partial charge on any atom is -0.452 e. The molecule has 4 fully saturated rings. The van der Waals surface area contributed by atoms with Gasteiger partial charge in [-0.3, -0.25) is 14.5 Å². The lowest BCUT2D eigenvalue weighted by molar-refractivity contribution is -0.176. The highest BCUT2D eigenvalue weighted by Gasteiger charge is 2.70. The predicted molar refractivity (Wildman–Crippen MR) is 77.6 cm³/mol. The average molecular weight is 321 g/mol. The van der Waals surface area contributed by atoms with Gasteiger partial charge < -0.3 is 4.74 Å². The van der Waals surface area contributed by atoms with Gasteiger partial charge in [-0.25, -0.2) is 9.18 Å². The lowest BCUT2D eigenvalue weighted by Gasteiger charge is -2.51. The minimum atomic E-state index is -0.761. The molecule has 2 amide bonds. The van der Waals surface area contributed by atoms with Crippen molar-refractivity contribution in [2.75, 3.05) is 6.61 Å². The number of β-lactam (4-membered cyclic amide) rings is 1. The van der Waals surface area contributed by atoms with Gasteiger partial charge in [0, 0.05) is 5.57 Å². The molecule has 0 aromatic rings. The van der Waals surface area contributed by atoms with Crippen molar-refractivity contribution >= 4 is 17.8 Å². The van der Waals surface area contributed by atoms with Gasteiger partial charge in [0.15, 0.2) is 6.61 Å². The molecule has 0 N–H and O–H groups in total. The number of ether oxygens (including phenoxy) is 1. The Bertz CT molecular complexity index is 618. The first kappa shape index (κ1) is 14.8. The highest BCUT2D eigenvalue weighted by Crippen LogP contribution is 2.65. The molecular formula is C17H20FNO4. The second-order valence-corrected chi connectivity index (χ2v) is 7.43. The number of nitrogens with zero attached hydrogens (tertiary/aromatic N) is 1. The fourth-order valence-corrected chi connectivity index (χ4v) is 5.53. The molecule has 1 heterocycles. The molecule has 1 aliphatic heterocycles. The number of imide groups is 1. The van der Waals surface area contributed by atoms with Crippen LogP contribution in [0.15, 0.2) is 12.2 Å². The number of halogens is 1. The Morgan fingerprint density at radius 3 is 2.52 bits per heavy atom. The zero-order chi connectivity index (χ0) is 16.5. The second kappa shape index (κ2) is 4.89. The molecule has 124 valence electrons. The van der Waals surface area contributed by atoms with Crippen LogP contribution in [0.25, 0.3) is 0 Å². The fourth-order valence-electron chi connectivity index (χ4n) is 5.53. The van der Waals surface area contributed by atoms with Crippen molar-refractivity contribution in [1.82, 2.24) is 4.90 Å². The molecule has 2 bridgehead atoms. The van der Waals surface area contributed by atoms with E-state index in [1.807, 2.05) is 0 Å². The van der Waals surface area contributed by atoms with E-state index >= 15 is 0 Å². The number of carbonyl (C=O) groups is 3. The topological polar surface area (TPSA) is 63.7 Å². The smallest absolute Gasteiger partial charge is 0.333 e. The zero-order valence-corrected chi connectivity index (χ0v) is 13.0. The van der Waals surface area contributed by atoms with Crippen LogP contribution in [0.2, 0.25) is 0 Å². The van der Waals surface area contributed by atoms with Gasteiger partial charge in [0.1, 0.15) is 6.17 Å². The van der Waals surface area contributed by atoms with Crippen LogP contribution < -0.4 is 0 Å². The predicted octanol–water partition coefficient (Wildman–Crippen LogP) is 1.47. The van der Waals surface area contributed by atoms with Crippen molar-refractivity contribution in [3.05, 3.63) is 12.2 Å². The molecule has 3 aliphatic carbocycles. The third kappa shape index (κ3) is 1.93. The molecule has 6 heteroatoms. The molecule has 5 nitrogen and oxygen atoms in total. The van der Waals surface area contributed by atoms with Crippen molar-refractivity contribution < 1.29 is 23.5 Å². The summed E-state index contributed by atoms with van der Waals surface area (Å²) in [7, 11) is 0. The summed E-state index contributed by atoms with van der Waals surface area (Å²) in [6.07, 6.45) is 1.31. The van der Waals surface area contributed by atoms with Gasteiger partial charge in [0.2, 0.25) is 5.91 Å². The number of esters is 1. The number of alkyl halides is 1. The Morgan fingerprint density at radius 1 is 1.22 bits per heavy atom. The molecule has 0 spiro atoms. The van der Waals surface area contributed by atoms with Crippen LogP contribution in [0.4, 0.5) is 4.39 Å². The Balaban J connectivity index is 1.45. The summed E-state index contributed by atoms with van der Waals surface area (Å²) >= 11 is 0. The standard InChI is InChI=1S/C17H20FNO4/c1-7(2)17(22)23-6-13(20)19-15-12-5-11(14(15)16(19)21)9-3-8(18)4-10(9)12/h8-12,14-15H,1,3-6H2,2H3. The minimum absolute atomic E-state index is 0.102. The van der Waals surface area contributed by atoms with Crippen molar-refractivity contribution in [2.24, 2.45) is 29.6 Å². The highest BCUT2D eigenvalue weighted by molar-refractivity contribution is 6.04. The maximum absolute atomic E-state index is 13.7. The first-order valence-electron chi connectivity index (χ1n) is 8.22. The van der Waals surface area contributed by atoms with Crippen molar-refractivity contribution in [3.63, 3.8) is 0 Å². The number of hydrogen-bond acceptors (Lipinski definition) is 4. The van der Waals surface area contributed by atoms with Crippen LogP contribution in [0.1, 0.15) is 26.2 Å². The third-order valence-electron chi connectivity index (χ3n) is 6.28. The summed E-state index contributed by atoms with van der Waals surface area (Å²) in [6, 6.07) is -0.102. The molecule has 7 unspecified atom stereocenters. The maximum atomic E-state index is 13.7. The Labute approximate surface area is 133 Å². The van der Waals surface area contributed by atoms with Gasteiger partial charge in [0.25, 0.3) is 5.91 Å². The van der Waals surface area contributed by atoms with E-state index in [2.05, 4.69) is 6.58 Å². The number of carbonyl (C=O) groups excluding carboxylic acids is 3. The quantitative estimate of drug-likeness (QED) is 0.449. The second-order valence-electron chi connectivity index (χ2n) is 7.43. The molecule has 0 radical (unpaired) electrons. The van der Waals surface area contributed by atoms with Crippen LogP contribution in [0, 0.1) is 29.6 Å². The van der Waals surface area contributed by atoms with E-state index in [1.165, 1.54) is 11.8 Å². The molecular weight excluding hydrogens is 301 g/mol. The summed E-state index contributed by atoms with van der Waals surface area (Å²) < 4.78 is 18.6. The van der Waals surface area contributed by atoms with E-state index in [-0.39, 0.29) is 35.3 Å². The number of likely N-dealkylation sites (tertiary alicyclic amines) is 1. The maximum Gasteiger partial charge on any atom is 0.333 e. The number of fused-ring (bicyclic) bond motifs is 8. The van der Waals surface area contributed by atoms with E-state index in [9.17, 15) is 18.8 Å². The molecule has 4 rings (SSSR count). The summed E-state index contributed by atoms with van der Waals surface area (Å²) in [6.45, 7) is 4.52.